The predicted molar refractivity (Wildman–Crippen MR) is 244 cm³/mol. The molecule has 0 atom stereocenters. The van der Waals surface area contributed by atoms with Gasteiger partial charge in [-0.1, -0.05) is 113 Å². The van der Waals surface area contributed by atoms with E-state index in [1.54, 1.807) is 0 Å². The average molecular weight is 727 g/mol. The minimum atomic E-state index is 0.428. The topological polar surface area (TPSA) is 6.48 Å². The Bertz CT molecular complexity index is 2710. The first kappa shape index (κ1) is 35.6. The van der Waals surface area contributed by atoms with Crippen LogP contribution in [0.25, 0.3) is 43.1 Å². The highest BCUT2D eigenvalue weighted by Gasteiger charge is 2.23. The van der Waals surface area contributed by atoms with Crippen molar-refractivity contribution in [3.05, 3.63) is 179 Å². The van der Waals surface area contributed by atoms with E-state index >= 15 is 0 Å². The molecule has 0 bridgehead atoms. The van der Waals surface area contributed by atoms with Crippen molar-refractivity contribution in [3.63, 3.8) is 0 Å². The van der Waals surface area contributed by atoms with Gasteiger partial charge in [-0.3, -0.25) is 0 Å². The molecule has 0 saturated heterocycles. The molecule has 0 aromatic heterocycles. The molecule has 9 rings (SSSR count). The first-order valence-corrected chi connectivity index (χ1v) is 20.2. The summed E-state index contributed by atoms with van der Waals surface area (Å²) in [5.41, 5.74) is 15.0. The molecule has 0 fully saturated rings. The van der Waals surface area contributed by atoms with Gasteiger partial charge in [0.2, 0.25) is 0 Å². The van der Waals surface area contributed by atoms with Gasteiger partial charge in [-0.25, -0.2) is 0 Å². The van der Waals surface area contributed by atoms with Gasteiger partial charge in [0, 0.05) is 33.5 Å². The molecular weight excluding hydrogens is 677 g/mol. The maximum atomic E-state index is 2.47. The molecule has 9 aromatic rings. The third-order valence-corrected chi connectivity index (χ3v) is 11.9. The maximum absolute atomic E-state index is 2.47. The Hall–Kier alpha value is -6.12. The summed E-state index contributed by atoms with van der Waals surface area (Å²) in [4.78, 5) is 4.93. The van der Waals surface area contributed by atoms with Crippen molar-refractivity contribution in [2.24, 2.45) is 0 Å². The second kappa shape index (κ2) is 13.9. The van der Waals surface area contributed by atoms with Crippen LogP contribution >= 0.6 is 0 Å². The second-order valence-corrected chi connectivity index (χ2v) is 16.5. The summed E-state index contributed by atoms with van der Waals surface area (Å²) in [7, 11) is 0. The molecule has 56 heavy (non-hydrogen) atoms. The van der Waals surface area contributed by atoms with Crippen LogP contribution in [-0.4, -0.2) is 0 Å². The zero-order valence-electron chi connectivity index (χ0n) is 33.9. The molecule has 0 radical (unpaired) electrons. The quantitative estimate of drug-likeness (QED) is 0.114. The van der Waals surface area contributed by atoms with Gasteiger partial charge in [-0.15, -0.1) is 0 Å². The number of benzene rings is 9. The summed E-state index contributed by atoms with van der Waals surface area (Å²) in [5, 5.41) is 10.2. The van der Waals surface area contributed by atoms with E-state index in [2.05, 4.69) is 211 Å². The van der Waals surface area contributed by atoms with E-state index in [0.29, 0.717) is 11.8 Å². The molecule has 0 aliphatic carbocycles. The molecule has 0 aliphatic rings. The summed E-state index contributed by atoms with van der Waals surface area (Å²) in [6.45, 7) is 18.0. The molecule has 0 aliphatic heterocycles. The molecule has 0 saturated carbocycles. The van der Waals surface area contributed by atoms with Crippen LogP contribution in [0, 0.1) is 27.7 Å². The summed E-state index contributed by atoms with van der Waals surface area (Å²) < 4.78 is 0. The SMILES string of the molecule is Cc1cccc(N(c2ccc(C)c(C(C)C)c2)c2ccc3c4cccc5c(N(c6cccc(C)c6)c6ccc(C)c(C(C)C)c6)ccc(c6cccc2c63)c54)c1. The molecule has 276 valence electrons. The summed E-state index contributed by atoms with van der Waals surface area (Å²) in [6, 6.07) is 55.0. The van der Waals surface area contributed by atoms with Crippen molar-refractivity contribution in [1.29, 1.82) is 0 Å². The van der Waals surface area contributed by atoms with Crippen LogP contribution in [-0.2, 0) is 0 Å². The number of rotatable bonds is 8. The highest BCUT2D eigenvalue weighted by Crippen LogP contribution is 2.49. The van der Waals surface area contributed by atoms with Crippen molar-refractivity contribution in [2.75, 3.05) is 9.80 Å². The van der Waals surface area contributed by atoms with E-state index in [1.807, 2.05) is 0 Å². The van der Waals surface area contributed by atoms with Crippen molar-refractivity contribution in [2.45, 2.75) is 67.2 Å². The summed E-state index contributed by atoms with van der Waals surface area (Å²) in [5.74, 6) is 0.857. The van der Waals surface area contributed by atoms with E-state index in [1.165, 1.54) is 111 Å². The van der Waals surface area contributed by atoms with Gasteiger partial charge in [0.25, 0.3) is 0 Å². The number of nitrogens with zero attached hydrogens (tertiary/aromatic N) is 2. The Morgan fingerprint density at radius 1 is 0.339 bits per heavy atom. The fourth-order valence-electron chi connectivity index (χ4n) is 9.24. The smallest absolute Gasteiger partial charge is 0.0540 e. The molecule has 2 heteroatoms. The number of fused-ring (bicyclic) bond motifs is 2. The van der Waals surface area contributed by atoms with Crippen molar-refractivity contribution >= 4 is 77.2 Å². The van der Waals surface area contributed by atoms with Crippen LogP contribution < -0.4 is 9.80 Å². The molecule has 2 nitrogen and oxygen atoms in total. The lowest BCUT2D eigenvalue weighted by Crippen LogP contribution is -2.12. The third kappa shape index (κ3) is 5.87. The van der Waals surface area contributed by atoms with E-state index in [4.69, 9.17) is 0 Å². The van der Waals surface area contributed by atoms with Crippen LogP contribution in [0.4, 0.5) is 34.1 Å². The number of aryl methyl sites for hydroxylation is 4. The molecule has 9 aromatic carbocycles. The minimum Gasteiger partial charge on any atom is -0.310 e. The lowest BCUT2D eigenvalue weighted by atomic mass is 9.88. The fraction of sp³-hybridized carbons (Fsp3) is 0.185. The molecule has 0 amide bonds. The lowest BCUT2D eigenvalue weighted by Gasteiger charge is -2.30. The molecule has 0 heterocycles. The lowest BCUT2D eigenvalue weighted by molar-refractivity contribution is 0.856. The zero-order chi connectivity index (χ0) is 38.8. The third-order valence-electron chi connectivity index (χ3n) is 11.9. The zero-order valence-corrected chi connectivity index (χ0v) is 33.9. The monoisotopic (exact) mass is 726 g/mol. The molecule has 0 spiro atoms. The van der Waals surface area contributed by atoms with E-state index in [-0.39, 0.29) is 0 Å². The maximum Gasteiger partial charge on any atom is 0.0540 e. The largest absolute Gasteiger partial charge is 0.310 e. The number of hydrogen-bond donors (Lipinski definition) is 0. The summed E-state index contributed by atoms with van der Waals surface area (Å²) in [6.07, 6.45) is 0. The van der Waals surface area contributed by atoms with Gasteiger partial charge in [0.1, 0.15) is 0 Å². The van der Waals surface area contributed by atoms with Crippen molar-refractivity contribution < 1.29 is 0 Å². The van der Waals surface area contributed by atoms with Crippen molar-refractivity contribution in [1.82, 2.24) is 0 Å². The Labute approximate surface area is 332 Å². The molecule has 0 N–H and O–H groups in total. The van der Waals surface area contributed by atoms with E-state index in [0.717, 1.165) is 0 Å². The number of hydrogen-bond acceptors (Lipinski definition) is 2. The van der Waals surface area contributed by atoms with E-state index < -0.39 is 0 Å². The first-order chi connectivity index (χ1) is 27.1. The molecular formula is C54H50N2. The number of anilines is 6. The van der Waals surface area contributed by atoms with Gasteiger partial charge in [-0.2, -0.15) is 0 Å². The molecule has 0 unspecified atom stereocenters. The Balaban J connectivity index is 1.32. The minimum absolute atomic E-state index is 0.428. The van der Waals surface area contributed by atoms with Crippen LogP contribution in [0.3, 0.4) is 0 Å². The van der Waals surface area contributed by atoms with Gasteiger partial charge in [-0.05, 0) is 166 Å². The second-order valence-electron chi connectivity index (χ2n) is 16.5. The normalized spacial score (nSPS) is 11.9. The Morgan fingerprint density at radius 2 is 0.696 bits per heavy atom. The summed E-state index contributed by atoms with van der Waals surface area (Å²) >= 11 is 0. The van der Waals surface area contributed by atoms with Gasteiger partial charge >= 0.3 is 0 Å². The van der Waals surface area contributed by atoms with Gasteiger partial charge in [0.05, 0.1) is 11.4 Å². The first-order valence-electron chi connectivity index (χ1n) is 20.2. The van der Waals surface area contributed by atoms with Crippen LogP contribution in [0.5, 0.6) is 0 Å². The fourth-order valence-corrected chi connectivity index (χ4v) is 9.24. The standard InChI is InChI=1S/C54H50N2/c1-33(2)49-31-41(23-21-37(49)7)55(39-15-9-13-35(5)29-39)51-27-25-45-44-18-12-20-48-52(28-26-46(54(44)48)43-17-11-19-47(51)53(43)45)56(40-16-10-14-36(6)30-40)42-24-22-38(8)50(32-42)34(3)4/h9-34H,1-8H3. The van der Waals surface area contributed by atoms with Gasteiger partial charge < -0.3 is 9.80 Å². The van der Waals surface area contributed by atoms with Crippen LogP contribution in [0.2, 0.25) is 0 Å². The highest BCUT2D eigenvalue weighted by atomic mass is 15.1. The average Bonchev–Trinajstić information content (AvgIpc) is 3.19. The predicted octanol–water partition coefficient (Wildman–Crippen LogP) is 16.2. The van der Waals surface area contributed by atoms with Crippen LogP contribution in [0.1, 0.15) is 72.9 Å². The van der Waals surface area contributed by atoms with Gasteiger partial charge in [0.15, 0.2) is 0 Å². The Morgan fingerprint density at radius 3 is 1.09 bits per heavy atom. The Kier molecular flexibility index (Phi) is 8.81. The van der Waals surface area contributed by atoms with Crippen molar-refractivity contribution in [3.8, 4) is 0 Å². The van der Waals surface area contributed by atoms with Crippen LogP contribution in [0.15, 0.2) is 146 Å². The van der Waals surface area contributed by atoms with E-state index in [9.17, 15) is 0 Å². The highest BCUT2D eigenvalue weighted by molar-refractivity contribution is 6.35.